The number of carbonyl (C=O) groups is 1. The highest BCUT2D eigenvalue weighted by Gasteiger charge is 2.49. The molecule has 0 aromatic heterocycles. The second-order valence-corrected chi connectivity index (χ2v) is 6.07. The summed E-state index contributed by atoms with van der Waals surface area (Å²) in [5.41, 5.74) is 1.93. The number of carbonyl (C=O) groups excluding carboxylic acids is 1. The molecule has 1 aromatic carbocycles. The van der Waals surface area contributed by atoms with E-state index in [1.54, 1.807) is 4.90 Å². The number of hydrogen-bond donors (Lipinski definition) is 0. The molecule has 4 rings (SSSR count). The molecule has 0 bridgehead atoms. The standard InChI is InChI=1S/C17H19NO4/c1-20-15(19)18-12-16(13-4-2-3-5-14(13)18)6-8-17(9-7-16)21-10-11-22-17/h2-6,8H,7,9-12H2,1H3/t16-/m0/s1. The fraction of sp³-hybridized carbons (Fsp3) is 0.471. The van der Waals surface area contributed by atoms with Crippen molar-refractivity contribution >= 4 is 11.8 Å². The minimum atomic E-state index is -0.557. The molecule has 1 aliphatic carbocycles. The summed E-state index contributed by atoms with van der Waals surface area (Å²) in [5, 5.41) is 0. The van der Waals surface area contributed by atoms with E-state index < -0.39 is 5.79 Å². The third kappa shape index (κ3) is 1.89. The zero-order chi connectivity index (χ0) is 15.2. The Balaban J connectivity index is 1.73. The van der Waals surface area contributed by atoms with E-state index in [-0.39, 0.29) is 11.5 Å². The Hall–Kier alpha value is -1.85. The molecule has 2 heterocycles. The summed E-state index contributed by atoms with van der Waals surface area (Å²) in [4.78, 5) is 13.8. The molecule has 5 nitrogen and oxygen atoms in total. The lowest BCUT2D eigenvalue weighted by Gasteiger charge is -2.36. The van der Waals surface area contributed by atoms with Crippen molar-refractivity contribution in [2.45, 2.75) is 24.0 Å². The van der Waals surface area contributed by atoms with Crippen LogP contribution in [-0.4, -0.2) is 38.7 Å². The molecule has 116 valence electrons. The molecule has 1 atom stereocenters. The van der Waals surface area contributed by atoms with Gasteiger partial charge in [-0.2, -0.15) is 0 Å². The van der Waals surface area contributed by atoms with Crippen molar-refractivity contribution in [3.05, 3.63) is 42.0 Å². The third-order valence-corrected chi connectivity index (χ3v) is 4.92. The monoisotopic (exact) mass is 301 g/mol. The predicted molar refractivity (Wildman–Crippen MR) is 80.9 cm³/mol. The SMILES string of the molecule is COC(=O)N1C[C@@]2(C=CC3(CC2)OCCO3)c2ccccc21. The van der Waals surface area contributed by atoms with E-state index in [0.29, 0.717) is 19.8 Å². The molecule has 2 spiro atoms. The molecule has 1 fully saturated rings. The molecule has 0 unspecified atom stereocenters. The minimum absolute atomic E-state index is 0.175. The summed E-state index contributed by atoms with van der Waals surface area (Å²) < 4.78 is 16.4. The summed E-state index contributed by atoms with van der Waals surface area (Å²) in [7, 11) is 1.42. The van der Waals surface area contributed by atoms with Gasteiger partial charge >= 0.3 is 6.09 Å². The molecule has 5 heteroatoms. The first kappa shape index (κ1) is 13.8. The number of para-hydroxylation sites is 1. The van der Waals surface area contributed by atoms with Crippen LogP contribution in [0, 0.1) is 0 Å². The van der Waals surface area contributed by atoms with Gasteiger partial charge in [0.1, 0.15) is 0 Å². The van der Waals surface area contributed by atoms with E-state index >= 15 is 0 Å². The van der Waals surface area contributed by atoms with Crippen LogP contribution in [0.25, 0.3) is 0 Å². The molecule has 1 aromatic rings. The maximum Gasteiger partial charge on any atom is 0.414 e. The summed E-state index contributed by atoms with van der Waals surface area (Å²) in [6.45, 7) is 1.88. The van der Waals surface area contributed by atoms with Gasteiger partial charge in [0.2, 0.25) is 0 Å². The first-order chi connectivity index (χ1) is 10.7. The Kier molecular flexibility index (Phi) is 3.03. The Morgan fingerprint density at radius 3 is 2.64 bits per heavy atom. The summed E-state index contributed by atoms with van der Waals surface area (Å²) in [6.07, 6.45) is 5.55. The van der Waals surface area contributed by atoms with Crippen LogP contribution in [0.5, 0.6) is 0 Å². The molecule has 2 aliphatic heterocycles. The second-order valence-electron chi connectivity index (χ2n) is 6.07. The number of fused-ring (bicyclic) bond motifs is 2. The van der Waals surface area contributed by atoms with Crippen LogP contribution in [-0.2, 0) is 19.6 Å². The zero-order valence-corrected chi connectivity index (χ0v) is 12.6. The van der Waals surface area contributed by atoms with E-state index in [4.69, 9.17) is 14.2 Å². The number of hydrogen-bond acceptors (Lipinski definition) is 4. The normalized spacial score (nSPS) is 28.3. The van der Waals surface area contributed by atoms with Crippen LogP contribution in [0.2, 0.25) is 0 Å². The zero-order valence-electron chi connectivity index (χ0n) is 12.6. The maximum atomic E-state index is 12.1. The number of rotatable bonds is 0. The van der Waals surface area contributed by atoms with E-state index in [1.807, 2.05) is 24.3 Å². The molecule has 1 amide bonds. The van der Waals surface area contributed by atoms with Gasteiger partial charge < -0.3 is 14.2 Å². The van der Waals surface area contributed by atoms with Gasteiger partial charge in [0, 0.05) is 18.4 Å². The molecule has 0 radical (unpaired) electrons. The highest BCUT2D eigenvalue weighted by atomic mass is 16.7. The van der Waals surface area contributed by atoms with Crippen LogP contribution < -0.4 is 4.90 Å². The molecule has 1 saturated heterocycles. The summed E-state index contributed by atoms with van der Waals surface area (Å²) in [6, 6.07) is 8.03. The number of ether oxygens (including phenoxy) is 3. The number of benzene rings is 1. The largest absolute Gasteiger partial charge is 0.452 e. The van der Waals surface area contributed by atoms with Gasteiger partial charge in [0.25, 0.3) is 0 Å². The number of methoxy groups -OCH3 is 1. The predicted octanol–water partition coefficient (Wildman–Crippen LogP) is 2.60. The average molecular weight is 301 g/mol. The summed E-state index contributed by atoms with van der Waals surface area (Å²) in [5.74, 6) is -0.557. The Morgan fingerprint density at radius 2 is 1.95 bits per heavy atom. The van der Waals surface area contributed by atoms with Gasteiger partial charge in [-0.25, -0.2) is 4.79 Å². The van der Waals surface area contributed by atoms with Crippen molar-refractivity contribution in [1.82, 2.24) is 0 Å². The quantitative estimate of drug-likeness (QED) is 0.691. The number of anilines is 1. The second kappa shape index (κ2) is 4.83. The van der Waals surface area contributed by atoms with Gasteiger partial charge in [0.15, 0.2) is 5.79 Å². The van der Waals surface area contributed by atoms with Crippen molar-refractivity contribution < 1.29 is 19.0 Å². The van der Waals surface area contributed by atoms with E-state index in [9.17, 15) is 4.79 Å². The van der Waals surface area contributed by atoms with Gasteiger partial charge in [-0.3, -0.25) is 4.90 Å². The van der Waals surface area contributed by atoms with E-state index in [1.165, 1.54) is 12.7 Å². The summed E-state index contributed by atoms with van der Waals surface area (Å²) >= 11 is 0. The fourth-order valence-electron chi connectivity index (χ4n) is 3.77. The smallest absolute Gasteiger partial charge is 0.414 e. The van der Waals surface area contributed by atoms with E-state index in [0.717, 1.165) is 18.5 Å². The highest BCUT2D eigenvalue weighted by molar-refractivity contribution is 5.91. The van der Waals surface area contributed by atoms with Crippen LogP contribution in [0.4, 0.5) is 10.5 Å². The average Bonchev–Trinajstić information content (AvgIpc) is 3.14. The van der Waals surface area contributed by atoms with Gasteiger partial charge in [-0.1, -0.05) is 24.3 Å². The molecular formula is C17H19NO4. The lowest BCUT2D eigenvalue weighted by molar-refractivity contribution is -0.128. The van der Waals surface area contributed by atoms with Crippen LogP contribution in [0.3, 0.4) is 0 Å². The third-order valence-electron chi connectivity index (χ3n) is 4.92. The van der Waals surface area contributed by atoms with Crippen molar-refractivity contribution in [2.24, 2.45) is 0 Å². The fourth-order valence-corrected chi connectivity index (χ4v) is 3.77. The first-order valence-corrected chi connectivity index (χ1v) is 7.61. The number of amides is 1. The highest BCUT2D eigenvalue weighted by Crippen LogP contribution is 2.49. The Morgan fingerprint density at radius 1 is 1.18 bits per heavy atom. The van der Waals surface area contributed by atoms with Crippen molar-refractivity contribution in [3.63, 3.8) is 0 Å². The van der Waals surface area contributed by atoms with Crippen molar-refractivity contribution in [3.8, 4) is 0 Å². The number of nitrogens with zero attached hydrogens (tertiary/aromatic N) is 1. The minimum Gasteiger partial charge on any atom is -0.452 e. The molecule has 3 aliphatic rings. The Labute approximate surface area is 129 Å². The molecule has 0 N–H and O–H groups in total. The van der Waals surface area contributed by atoms with Crippen LogP contribution >= 0.6 is 0 Å². The van der Waals surface area contributed by atoms with Crippen LogP contribution in [0.15, 0.2) is 36.4 Å². The molecular weight excluding hydrogens is 282 g/mol. The van der Waals surface area contributed by atoms with Crippen molar-refractivity contribution in [2.75, 3.05) is 31.8 Å². The molecule has 22 heavy (non-hydrogen) atoms. The molecule has 0 saturated carbocycles. The van der Waals surface area contributed by atoms with Gasteiger partial charge in [0.05, 0.1) is 26.0 Å². The lowest BCUT2D eigenvalue weighted by atomic mass is 9.73. The topological polar surface area (TPSA) is 48.0 Å². The van der Waals surface area contributed by atoms with Gasteiger partial charge in [-0.05, 0) is 24.1 Å². The van der Waals surface area contributed by atoms with Crippen molar-refractivity contribution in [1.29, 1.82) is 0 Å². The maximum absolute atomic E-state index is 12.1. The first-order valence-electron chi connectivity index (χ1n) is 7.61. The van der Waals surface area contributed by atoms with Crippen LogP contribution in [0.1, 0.15) is 18.4 Å². The van der Waals surface area contributed by atoms with E-state index in [2.05, 4.69) is 12.1 Å². The lowest BCUT2D eigenvalue weighted by Crippen LogP contribution is -2.41. The Bertz CT molecular complexity index is 635. The van der Waals surface area contributed by atoms with Gasteiger partial charge in [-0.15, -0.1) is 0 Å².